The molecular weight excluding hydrogens is 323 g/mol. The van der Waals surface area contributed by atoms with Gasteiger partial charge in [0, 0.05) is 10.9 Å². The van der Waals surface area contributed by atoms with Crippen molar-refractivity contribution in [2.24, 2.45) is 17.6 Å². The van der Waals surface area contributed by atoms with Gasteiger partial charge in [-0.25, -0.2) is 4.39 Å². The number of halogens is 2. The third-order valence-corrected chi connectivity index (χ3v) is 4.12. The Balaban J connectivity index is 2.53. The molecule has 0 aliphatic heterocycles. The monoisotopic (exact) mass is 344 g/mol. The number of amides is 1. The van der Waals surface area contributed by atoms with Gasteiger partial charge in [-0.15, -0.1) is 0 Å². The van der Waals surface area contributed by atoms with Gasteiger partial charge >= 0.3 is 0 Å². The number of hydrogen-bond acceptors (Lipinski definition) is 2. The number of carbonyl (C=O) groups is 1. The highest BCUT2D eigenvalue weighted by Gasteiger charge is 2.15. The summed E-state index contributed by atoms with van der Waals surface area (Å²) in [5, 5.41) is 2.73. The van der Waals surface area contributed by atoms with E-state index in [1.807, 2.05) is 0 Å². The number of nitrogens with one attached hydrogen (secondary N) is 1. The fourth-order valence-corrected chi connectivity index (χ4v) is 2.49. The second kappa shape index (κ2) is 8.37. The lowest BCUT2D eigenvalue weighted by Gasteiger charge is -2.19. The van der Waals surface area contributed by atoms with Crippen LogP contribution in [0.4, 0.5) is 10.1 Å². The van der Waals surface area contributed by atoms with Gasteiger partial charge in [0.1, 0.15) is 5.82 Å². The SMILES string of the molecule is CC(C)C(CCN)CCC(=O)Nc1cc(F)ccc1Br. The molecule has 0 bridgehead atoms. The van der Waals surface area contributed by atoms with Crippen LogP contribution in [0.3, 0.4) is 0 Å². The molecule has 1 aromatic rings. The summed E-state index contributed by atoms with van der Waals surface area (Å²) < 4.78 is 13.8. The molecular formula is C15H22BrFN2O. The largest absolute Gasteiger partial charge is 0.330 e. The minimum Gasteiger partial charge on any atom is -0.330 e. The smallest absolute Gasteiger partial charge is 0.224 e. The van der Waals surface area contributed by atoms with Gasteiger partial charge in [-0.3, -0.25) is 4.79 Å². The van der Waals surface area contributed by atoms with Crippen LogP contribution < -0.4 is 11.1 Å². The van der Waals surface area contributed by atoms with E-state index in [-0.39, 0.29) is 11.7 Å². The molecule has 0 aliphatic rings. The molecule has 1 amide bonds. The van der Waals surface area contributed by atoms with Gasteiger partial charge in [0.05, 0.1) is 5.69 Å². The summed E-state index contributed by atoms with van der Waals surface area (Å²) >= 11 is 3.29. The van der Waals surface area contributed by atoms with E-state index < -0.39 is 0 Å². The van der Waals surface area contributed by atoms with E-state index in [1.54, 1.807) is 6.07 Å². The molecule has 112 valence electrons. The first-order chi connectivity index (χ1) is 9.43. The minimum atomic E-state index is -0.369. The quantitative estimate of drug-likeness (QED) is 0.787. The van der Waals surface area contributed by atoms with Crippen molar-refractivity contribution in [3.8, 4) is 0 Å². The van der Waals surface area contributed by atoms with Crippen molar-refractivity contribution in [1.29, 1.82) is 0 Å². The zero-order chi connectivity index (χ0) is 15.1. The number of benzene rings is 1. The van der Waals surface area contributed by atoms with Crippen molar-refractivity contribution in [3.05, 3.63) is 28.5 Å². The fourth-order valence-electron chi connectivity index (χ4n) is 2.15. The maximum atomic E-state index is 13.1. The third kappa shape index (κ3) is 5.59. The predicted octanol–water partition coefficient (Wildman–Crippen LogP) is 3.93. The Labute approximate surface area is 128 Å². The molecule has 0 radical (unpaired) electrons. The molecule has 20 heavy (non-hydrogen) atoms. The average molecular weight is 345 g/mol. The number of rotatable bonds is 7. The highest BCUT2D eigenvalue weighted by Crippen LogP contribution is 2.24. The van der Waals surface area contributed by atoms with Gasteiger partial charge in [-0.2, -0.15) is 0 Å². The topological polar surface area (TPSA) is 55.1 Å². The molecule has 1 atom stereocenters. The lowest BCUT2D eigenvalue weighted by molar-refractivity contribution is -0.116. The Bertz CT molecular complexity index is 451. The summed E-state index contributed by atoms with van der Waals surface area (Å²) in [6, 6.07) is 4.23. The van der Waals surface area contributed by atoms with E-state index in [0.717, 1.165) is 12.8 Å². The number of anilines is 1. The van der Waals surface area contributed by atoms with Crippen LogP contribution in [0.2, 0.25) is 0 Å². The summed E-state index contributed by atoms with van der Waals surface area (Å²) in [6.07, 6.45) is 2.15. The van der Waals surface area contributed by atoms with Crippen LogP contribution >= 0.6 is 15.9 Å². The average Bonchev–Trinajstić information content (AvgIpc) is 2.38. The van der Waals surface area contributed by atoms with Gasteiger partial charge in [0.25, 0.3) is 0 Å². The van der Waals surface area contributed by atoms with E-state index >= 15 is 0 Å². The van der Waals surface area contributed by atoms with Crippen molar-refractivity contribution in [1.82, 2.24) is 0 Å². The molecule has 1 aromatic carbocycles. The van der Waals surface area contributed by atoms with Gasteiger partial charge in [-0.1, -0.05) is 13.8 Å². The van der Waals surface area contributed by atoms with Crippen LogP contribution in [0.15, 0.2) is 22.7 Å². The summed E-state index contributed by atoms with van der Waals surface area (Å²) in [7, 11) is 0. The maximum Gasteiger partial charge on any atom is 0.224 e. The van der Waals surface area contributed by atoms with Crippen LogP contribution in [-0.4, -0.2) is 12.5 Å². The van der Waals surface area contributed by atoms with E-state index in [0.29, 0.717) is 35.0 Å². The second-order valence-corrected chi connectivity index (χ2v) is 6.15. The molecule has 3 N–H and O–H groups in total. The van der Waals surface area contributed by atoms with Crippen molar-refractivity contribution >= 4 is 27.5 Å². The Morgan fingerprint density at radius 2 is 2.10 bits per heavy atom. The van der Waals surface area contributed by atoms with Crippen LogP contribution in [0.1, 0.15) is 33.1 Å². The van der Waals surface area contributed by atoms with Crippen LogP contribution in [0.25, 0.3) is 0 Å². The fraction of sp³-hybridized carbons (Fsp3) is 0.533. The Morgan fingerprint density at radius 1 is 1.40 bits per heavy atom. The van der Waals surface area contributed by atoms with E-state index in [9.17, 15) is 9.18 Å². The summed E-state index contributed by atoms with van der Waals surface area (Å²) in [5.41, 5.74) is 6.05. The number of nitrogens with two attached hydrogens (primary N) is 1. The van der Waals surface area contributed by atoms with Crippen LogP contribution in [0, 0.1) is 17.7 Å². The second-order valence-electron chi connectivity index (χ2n) is 5.29. The van der Waals surface area contributed by atoms with Crippen molar-refractivity contribution < 1.29 is 9.18 Å². The lowest BCUT2D eigenvalue weighted by Crippen LogP contribution is -2.18. The summed E-state index contributed by atoms with van der Waals surface area (Å²) in [4.78, 5) is 11.9. The third-order valence-electron chi connectivity index (χ3n) is 3.42. The molecule has 0 saturated carbocycles. The summed E-state index contributed by atoms with van der Waals surface area (Å²) in [5.74, 6) is 0.486. The normalized spacial score (nSPS) is 12.5. The Hall–Kier alpha value is -0.940. The van der Waals surface area contributed by atoms with E-state index in [2.05, 4.69) is 35.1 Å². The molecule has 0 heterocycles. The number of hydrogen-bond donors (Lipinski definition) is 2. The molecule has 3 nitrogen and oxygen atoms in total. The molecule has 5 heteroatoms. The standard InChI is InChI=1S/C15H22BrFN2O/c1-10(2)11(7-8-18)3-6-15(20)19-14-9-12(17)4-5-13(14)16/h4-5,9-11H,3,6-8,18H2,1-2H3,(H,19,20). The summed E-state index contributed by atoms with van der Waals surface area (Å²) in [6.45, 7) is 4.92. The number of carbonyl (C=O) groups excluding carboxylic acids is 1. The molecule has 0 spiro atoms. The van der Waals surface area contributed by atoms with E-state index in [1.165, 1.54) is 12.1 Å². The molecule has 0 aromatic heterocycles. The van der Waals surface area contributed by atoms with Crippen molar-refractivity contribution in [3.63, 3.8) is 0 Å². The molecule has 0 aliphatic carbocycles. The van der Waals surface area contributed by atoms with Gasteiger partial charge in [0.15, 0.2) is 0 Å². The predicted molar refractivity (Wildman–Crippen MR) is 84.0 cm³/mol. The highest BCUT2D eigenvalue weighted by atomic mass is 79.9. The van der Waals surface area contributed by atoms with E-state index in [4.69, 9.17) is 5.73 Å². The first-order valence-electron chi connectivity index (χ1n) is 6.89. The Kier molecular flexibility index (Phi) is 7.16. The lowest BCUT2D eigenvalue weighted by atomic mass is 9.88. The van der Waals surface area contributed by atoms with Gasteiger partial charge in [0.2, 0.25) is 5.91 Å². The zero-order valence-electron chi connectivity index (χ0n) is 12.0. The van der Waals surface area contributed by atoms with Gasteiger partial charge < -0.3 is 11.1 Å². The first kappa shape index (κ1) is 17.1. The highest BCUT2D eigenvalue weighted by molar-refractivity contribution is 9.10. The Morgan fingerprint density at radius 3 is 2.70 bits per heavy atom. The maximum absolute atomic E-state index is 13.1. The molecule has 0 fully saturated rings. The van der Waals surface area contributed by atoms with Crippen molar-refractivity contribution in [2.45, 2.75) is 33.1 Å². The first-order valence-corrected chi connectivity index (χ1v) is 7.68. The molecule has 1 rings (SSSR count). The molecule has 0 saturated heterocycles. The minimum absolute atomic E-state index is 0.0982. The zero-order valence-corrected chi connectivity index (χ0v) is 13.5. The van der Waals surface area contributed by atoms with Crippen LogP contribution in [0.5, 0.6) is 0 Å². The molecule has 1 unspecified atom stereocenters. The van der Waals surface area contributed by atoms with Crippen LogP contribution in [-0.2, 0) is 4.79 Å². The van der Waals surface area contributed by atoms with Gasteiger partial charge in [-0.05, 0) is 65.4 Å². The van der Waals surface area contributed by atoms with Crippen molar-refractivity contribution in [2.75, 3.05) is 11.9 Å².